The molecule has 1 aliphatic heterocycles. The number of hydrogen-bond acceptors (Lipinski definition) is 6. The molecule has 1 amide bonds. The number of amidine groups is 1. The van der Waals surface area contributed by atoms with Gasteiger partial charge in [0, 0.05) is 23.8 Å². The summed E-state index contributed by atoms with van der Waals surface area (Å²) >= 11 is 7.54. The predicted octanol–water partition coefficient (Wildman–Crippen LogP) is 5.95. The van der Waals surface area contributed by atoms with E-state index in [9.17, 15) is 4.79 Å². The number of pyridine rings is 1. The van der Waals surface area contributed by atoms with Crippen LogP contribution in [0.5, 0.6) is 11.5 Å². The van der Waals surface area contributed by atoms with Gasteiger partial charge in [0.2, 0.25) is 0 Å². The number of aliphatic imine (C=N–C) groups is 1. The van der Waals surface area contributed by atoms with Gasteiger partial charge in [-0.2, -0.15) is 0 Å². The molecule has 0 bridgehead atoms. The maximum Gasteiger partial charge on any atom is 0.266 e. The molecule has 2 aromatic carbocycles. The molecule has 0 saturated carbocycles. The number of rotatable bonds is 7. The molecule has 2 heterocycles. The monoisotopic (exact) mass is 479 g/mol. The first-order valence-corrected chi connectivity index (χ1v) is 11.5. The van der Waals surface area contributed by atoms with Crippen molar-refractivity contribution in [3.63, 3.8) is 0 Å². The number of carbonyl (C=O) groups is 1. The van der Waals surface area contributed by atoms with Crippen LogP contribution in [0.3, 0.4) is 0 Å². The van der Waals surface area contributed by atoms with E-state index in [1.165, 1.54) is 16.7 Å². The number of likely N-dealkylation sites (N-methyl/N-ethyl adjacent to an activating group) is 1. The van der Waals surface area contributed by atoms with Gasteiger partial charge in [-0.05, 0) is 60.7 Å². The molecule has 1 aliphatic rings. The van der Waals surface area contributed by atoms with E-state index < -0.39 is 0 Å². The van der Waals surface area contributed by atoms with E-state index in [4.69, 9.17) is 21.1 Å². The van der Waals surface area contributed by atoms with Gasteiger partial charge < -0.3 is 9.47 Å². The molecule has 1 saturated heterocycles. The minimum atomic E-state index is -0.119. The Morgan fingerprint density at radius 1 is 1.09 bits per heavy atom. The fraction of sp³-hybridized carbons (Fsp3) is 0.160. The van der Waals surface area contributed by atoms with E-state index in [1.807, 2.05) is 67.6 Å². The molecule has 4 rings (SSSR count). The molecule has 33 heavy (non-hydrogen) atoms. The number of amides is 1. The zero-order valence-corrected chi connectivity index (χ0v) is 19.8. The van der Waals surface area contributed by atoms with Crippen molar-refractivity contribution in [3.8, 4) is 11.5 Å². The summed E-state index contributed by atoms with van der Waals surface area (Å²) in [6, 6.07) is 18.6. The highest BCUT2D eigenvalue weighted by atomic mass is 35.5. The predicted molar refractivity (Wildman–Crippen MR) is 133 cm³/mol. The van der Waals surface area contributed by atoms with Gasteiger partial charge in [0.05, 0.1) is 11.5 Å². The number of nitrogens with zero attached hydrogens (tertiary/aromatic N) is 3. The average Bonchev–Trinajstić information content (AvgIpc) is 3.08. The van der Waals surface area contributed by atoms with Crippen molar-refractivity contribution in [1.29, 1.82) is 0 Å². The zero-order chi connectivity index (χ0) is 23.2. The Labute approximate surface area is 201 Å². The Morgan fingerprint density at radius 3 is 2.67 bits per heavy atom. The topological polar surface area (TPSA) is 64.0 Å². The summed E-state index contributed by atoms with van der Waals surface area (Å²) < 4.78 is 11.8. The summed E-state index contributed by atoms with van der Waals surface area (Å²) in [5.74, 6) is 1.65. The van der Waals surface area contributed by atoms with E-state index in [0.717, 1.165) is 11.1 Å². The van der Waals surface area contributed by atoms with Crippen molar-refractivity contribution in [1.82, 2.24) is 9.88 Å². The number of benzene rings is 2. The van der Waals surface area contributed by atoms with Gasteiger partial charge in [-0.3, -0.25) is 9.69 Å². The van der Waals surface area contributed by atoms with E-state index in [1.54, 1.807) is 19.3 Å². The second kappa shape index (κ2) is 10.6. The second-order valence-electron chi connectivity index (χ2n) is 7.08. The van der Waals surface area contributed by atoms with Crippen LogP contribution < -0.4 is 9.47 Å². The van der Waals surface area contributed by atoms with E-state index >= 15 is 0 Å². The number of carbonyl (C=O) groups excluding carboxylic acids is 1. The van der Waals surface area contributed by atoms with Gasteiger partial charge in [0.1, 0.15) is 6.61 Å². The lowest BCUT2D eigenvalue weighted by molar-refractivity contribution is -0.121. The van der Waals surface area contributed by atoms with Crippen molar-refractivity contribution in [2.24, 2.45) is 4.99 Å². The Hall–Kier alpha value is -3.29. The molecule has 1 fully saturated rings. The lowest BCUT2D eigenvalue weighted by atomic mass is 10.1. The number of hydrogen-bond donors (Lipinski definition) is 0. The quantitative estimate of drug-likeness (QED) is 0.392. The summed E-state index contributed by atoms with van der Waals surface area (Å²) in [6.07, 6.45) is 3.49. The molecule has 8 heteroatoms. The summed E-state index contributed by atoms with van der Waals surface area (Å²) in [6.45, 7) is 2.72. The summed E-state index contributed by atoms with van der Waals surface area (Å²) in [7, 11) is 1.70. The van der Waals surface area contributed by atoms with Gasteiger partial charge in [0.15, 0.2) is 22.5 Å². The van der Waals surface area contributed by atoms with Gasteiger partial charge in [0.25, 0.3) is 5.91 Å². The third-order valence-electron chi connectivity index (χ3n) is 4.77. The molecule has 0 N–H and O–H groups in total. The fourth-order valence-electron chi connectivity index (χ4n) is 3.09. The van der Waals surface area contributed by atoms with Crippen molar-refractivity contribution < 1.29 is 14.3 Å². The van der Waals surface area contributed by atoms with Gasteiger partial charge in [-0.1, -0.05) is 41.9 Å². The van der Waals surface area contributed by atoms with Crippen LogP contribution >= 0.6 is 23.4 Å². The molecule has 0 radical (unpaired) electrons. The highest BCUT2D eigenvalue weighted by Crippen LogP contribution is 2.35. The van der Waals surface area contributed by atoms with E-state index in [-0.39, 0.29) is 5.91 Å². The summed E-state index contributed by atoms with van der Waals surface area (Å²) in [5.41, 5.74) is 1.72. The minimum Gasteiger partial charge on any atom is -0.490 e. The fourth-order valence-corrected chi connectivity index (χ4v) is 4.26. The summed E-state index contributed by atoms with van der Waals surface area (Å²) in [4.78, 5) is 23.5. The van der Waals surface area contributed by atoms with Crippen LogP contribution in [0.25, 0.3) is 6.08 Å². The molecule has 0 spiro atoms. The average molecular weight is 480 g/mol. The molecule has 6 nitrogen and oxygen atoms in total. The molecule has 168 valence electrons. The Balaban J connectivity index is 1.55. The maximum absolute atomic E-state index is 12.7. The van der Waals surface area contributed by atoms with Gasteiger partial charge >= 0.3 is 0 Å². The SMILES string of the molecule is CCOc1cc(/C=C2\S/C(=N/c3ccccn3)N(C)C2=O)ccc1OCc1ccccc1Cl. The Kier molecular flexibility index (Phi) is 7.32. The van der Waals surface area contributed by atoms with Crippen LogP contribution in [-0.2, 0) is 11.4 Å². The number of ether oxygens (including phenoxy) is 2. The van der Waals surface area contributed by atoms with Crippen molar-refractivity contribution in [3.05, 3.63) is 87.9 Å². The molecule has 0 atom stereocenters. The van der Waals surface area contributed by atoms with Crippen molar-refractivity contribution in [2.45, 2.75) is 13.5 Å². The van der Waals surface area contributed by atoms with Gasteiger partial charge in [-0.15, -0.1) is 0 Å². The van der Waals surface area contributed by atoms with Crippen LogP contribution in [0.4, 0.5) is 5.82 Å². The van der Waals surface area contributed by atoms with Crippen LogP contribution in [0.15, 0.2) is 76.8 Å². The maximum atomic E-state index is 12.7. The normalized spacial score (nSPS) is 16.0. The van der Waals surface area contributed by atoms with E-state index in [0.29, 0.717) is 45.6 Å². The summed E-state index contributed by atoms with van der Waals surface area (Å²) in [5, 5.41) is 1.23. The smallest absolute Gasteiger partial charge is 0.266 e. The molecule has 0 unspecified atom stereocenters. The largest absolute Gasteiger partial charge is 0.490 e. The standard InChI is InChI=1S/C25H22ClN3O3S/c1-3-31-21-14-17(11-12-20(21)32-16-18-8-4-5-9-19(18)26)15-22-24(30)29(2)25(33-22)28-23-10-6-7-13-27-23/h4-15H,3,16H2,1-2H3/b22-15-,28-25+. The Bertz CT molecular complexity index is 1210. The lowest BCUT2D eigenvalue weighted by Crippen LogP contribution is -2.23. The van der Waals surface area contributed by atoms with Crippen molar-refractivity contribution >= 4 is 46.3 Å². The number of thioether (sulfide) groups is 1. The second-order valence-corrected chi connectivity index (χ2v) is 8.49. The third-order valence-corrected chi connectivity index (χ3v) is 6.20. The molecule has 0 aliphatic carbocycles. The van der Waals surface area contributed by atoms with Crippen LogP contribution in [0, 0.1) is 0 Å². The molecule has 1 aromatic heterocycles. The highest BCUT2D eigenvalue weighted by Gasteiger charge is 2.30. The first-order valence-electron chi connectivity index (χ1n) is 10.4. The van der Waals surface area contributed by atoms with Crippen LogP contribution in [-0.4, -0.2) is 34.6 Å². The van der Waals surface area contributed by atoms with Crippen LogP contribution in [0.1, 0.15) is 18.1 Å². The molecule has 3 aromatic rings. The molecular weight excluding hydrogens is 458 g/mol. The third kappa shape index (κ3) is 5.56. The minimum absolute atomic E-state index is 0.119. The molecular formula is C25H22ClN3O3S. The first kappa shape index (κ1) is 22.9. The lowest BCUT2D eigenvalue weighted by Gasteiger charge is -2.13. The van der Waals surface area contributed by atoms with E-state index in [2.05, 4.69) is 9.98 Å². The van der Waals surface area contributed by atoms with Crippen LogP contribution in [0.2, 0.25) is 5.02 Å². The Morgan fingerprint density at radius 2 is 1.91 bits per heavy atom. The van der Waals surface area contributed by atoms with Crippen molar-refractivity contribution in [2.75, 3.05) is 13.7 Å². The highest BCUT2D eigenvalue weighted by molar-refractivity contribution is 8.18. The zero-order valence-electron chi connectivity index (χ0n) is 18.2. The first-order chi connectivity index (χ1) is 16.0. The number of halogens is 1. The number of aromatic nitrogens is 1. The van der Waals surface area contributed by atoms with Gasteiger partial charge in [-0.25, -0.2) is 9.98 Å².